The number of nitrogens with zero attached hydrogens (tertiary/aromatic N) is 2. The summed E-state index contributed by atoms with van der Waals surface area (Å²) in [6, 6.07) is 10.1. The Morgan fingerprint density at radius 1 is 1.28 bits per heavy atom. The summed E-state index contributed by atoms with van der Waals surface area (Å²) in [5.74, 6) is -2.76. The van der Waals surface area contributed by atoms with Gasteiger partial charge in [0.25, 0.3) is 11.6 Å². The topological polar surface area (TPSA) is 122 Å². The highest BCUT2D eigenvalue weighted by molar-refractivity contribution is 5.95. The van der Waals surface area contributed by atoms with Gasteiger partial charge in [0, 0.05) is 17.8 Å². The number of nitro benzene ring substituents is 1. The van der Waals surface area contributed by atoms with E-state index in [1.807, 2.05) is 0 Å². The Morgan fingerprint density at radius 3 is 2.68 bits per heavy atom. The minimum absolute atomic E-state index is 0.0393. The van der Waals surface area contributed by atoms with Crippen LogP contribution in [0.1, 0.15) is 15.9 Å². The van der Waals surface area contributed by atoms with Gasteiger partial charge in [-0.3, -0.25) is 14.9 Å². The van der Waals surface area contributed by atoms with E-state index in [1.165, 1.54) is 24.3 Å². The summed E-state index contributed by atoms with van der Waals surface area (Å²) in [7, 11) is 0. The van der Waals surface area contributed by atoms with Gasteiger partial charge in [-0.1, -0.05) is 6.07 Å². The van der Waals surface area contributed by atoms with Gasteiger partial charge in [0.2, 0.25) is 0 Å². The van der Waals surface area contributed by atoms with Gasteiger partial charge in [-0.25, -0.2) is 9.18 Å². The van der Waals surface area contributed by atoms with Gasteiger partial charge in [-0.2, -0.15) is 5.26 Å². The first-order chi connectivity index (χ1) is 11.9. The number of hydrogen-bond donors (Lipinski definition) is 1. The molecule has 0 saturated carbocycles. The lowest BCUT2D eigenvalue weighted by atomic mass is 10.1. The second-order valence-corrected chi connectivity index (χ2v) is 4.74. The molecule has 9 heteroatoms. The van der Waals surface area contributed by atoms with Gasteiger partial charge < -0.3 is 10.1 Å². The van der Waals surface area contributed by atoms with Crippen LogP contribution in [0.5, 0.6) is 0 Å². The number of anilines is 1. The molecule has 0 bridgehead atoms. The Kier molecular flexibility index (Phi) is 5.37. The summed E-state index contributed by atoms with van der Waals surface area (Å²) < 4.78 is 18.3. The third-order valence-electron chi connectivity index (χ3n) is 2.99. The Balaban J connectivity index is 1.96. The van der Waals surface area contributed by atoms with Gasteiger partial charge >= 0.3 is 5.97 Å². The molecule has 0 fully saturated rings. The first kappa shape index (κ1) is 17.6. The van der Waals surface area contributed by atoms with E-state index in [1.54, 1.807) is 6.07 Å². The van der Waals surface area contributed by atoms with Crippen LogP contribution in [0.3, 0.4) is 0 Å². The number of esters is 1. The van der Waals surface area contributed by atoms with Crippen molar-refractivity contribution in [2.24, 2.45) is 0 Å². The number of carbonyl (C=O) groups excluding carboxylic acids is 2. The molecule has 0 heterocycles. The Labute approximate surface area is 140 Å². The van der Waals surface area contributed by atoms with Crippen molar-refractivity contribution in [1.82, 2.24) is 0 Å². The van der Waals surface area contributed by atoms with Crippen LogP contribution in [0.4, 0.5) is 15.8 Å². The van der Waals surface area contributed by atoms with Crippen LogP contribution in [0.15, 0.2) is 42.5 Å². The Morgan fingerprint density at radius 2 is 2.04 bits per heavy atom. The van der Waals surface area contributed by atoms with Crippen LogP contribution in [0, 0.1) is 27.3 Å². The number of non-ortho nitro benzene ring substituents is 1. The zero-order valence-corrected chi connectivity index (χ0v) is 12.6. The van der Waals surface area contributed by atoms with Crippen molar-refractivity contribution < 1.29 is 23.6 Å². The zero-order chi connectivity index (χ0) is 18.4. The number of benzene rings is 2. The van der Waals surface area contributed by atoms with Crippen molar-refractivity contribution in [3.05, 3.63) is 69.5 Å². The standard InChI is InChI=1S/C16H10FN3O5/c17-14-6-10(8-18)4-5-13(14)16(22)25-9-15(21)19-11-2-1-3-12(7-11)20(23)24/h1-7H,9H2,(H,19,21). The first-order valence-corrected chi connectivity index (χ1v) is 6.82. The summed E-state index contributed by atoms with van der Waals surface area (Å²) in [6.07, 6.45) is 0. The summed E-state index contributed by atoms with van der Waals surface area (Å²) in [6.45, 7) is -0.707. The summed E-state index contributed by atoms with van der Waals surface area (Å²) in [4.78, 5) is 33.5. The minimum atomic E-state index is -1.07. The molecular formula is C16H10FN3O5. The van der Waals surface area contributed by atoms with Gasteiger partial charge in [-0.05, 0) is 24.3 Å². The average molecular weight is 343 g/mol. The van der Waals surface area contributed by atoms with E-state index in [0.29, 0.717) is 0 Å². The number of halogens is 1. The highest BCUT2D eigenvalue weighted by Crippen LogP contribution is 2.17. The maximum Gasteiger partial charge on any atom is 0.341 e. The smallest absolute Gasteiger partial charge is 0.341 e. The molecule has 0 saturated heterocycles. The van der Waals surface area contributed by atoms with Crippen LogP contribution >= 0.6 is 0 Å². The number of nitriles is 1. The molecule has 0 aliphatic rings. The molecule has 2 rings (SSSR count). The molecule has 0 spiro atoms. The zero-order valence-electron chi connectivity index (χ0n) is 12.6. The van der Waals surface area contributed by atoms with Crippen molar-refractivity contribution in [3.63, 3.8) is 0 Å². The number of nitro groups is 1. The van der Waals surface area contributed by atoms with E-state index >= 15 is 0 Å². The van der Waals surface area contributed by atoms with Crippen LogP contribution in [0.2, 0.25) is 0 Å². The maximum atomic E-state index is 13.7. The monoisotopic (exact) mass is 343 g/mol. The molecule has 1 N–H and O–H groups in total. The van der Waals surface area contributed by atoms with E-state index in [-0.39, 0.29) is 16.9 Å². The lowest BCUT2D eigenvalue weighted by Crippen LogP contribution is -2.21. The van der Waals surface area contributed by atoms with Crippen LogP contribution in [-0.2, 0) is 9.53 Å². The number of amides is 1. The summed E-state index contributed by atoms with van der Waals surface area (Å²) in [5, 5.41) is 21.6. The van der Waals surface area contributed by atoms with E-state index in [9.17, 15) is 24.1 Å². The van der Waals surface area contributed by atoms with E-state index in [0.717, 1.165) is 18.2 Å². The molecule has 2 aromatic carbocycles. The van der Waals surface area contributed by atoms with Crippen molar-refractivity contribution in [2.75, 3.05) is 11.9 Å². The van der Waals surface area contributed by atoms with Gasteiger partial charge in [0.1, 0.15) is 5.82 Å². The summed E-state index contributed by atoms with van der Waals surface area (Å²) >= 11 is 0. The fourth-order valence-electron chi connectivity index (χ4n) is 1.85. The molecule has 1 amide bonds. The predicted octanol–water partition coefficient (Wildman–Crippen LogP) is 2.40. The molecule has 25 heavy (non-hydrogen) atoms. The lowest BCUT2D eigenvalue weighted by Gasteiger charge is -2.07. The highest BCUT2D eigenvalue weighted by Gasteiger charge is 2.16. The van der Waals surface area contributed by atoms with Gasteiger partial charge in [0.15, 0.2) is 6.61 Å². The van der Waals surface area contributed by atoms with E-state index in [4.69, 9.17) is 5.26 Å². The van der Waals surface area contributed by atoms with Gasteiger partial charge in [-0.15, -0.1) is 0 Å². The van der Waals surface area contributed by atoms with Crippen LogP contribution in [0.25, 0.3) is 0 Å². The van der Waals surface area contributed by atoms with E-state index in [2.05, 4.69) is 10.1 Å². The fourth-order valence-corrected chi connectivity index (χ4v) is 1.85. The molecule has 0 aliphatic heterocycles. The van der Waals surface area contributed by atoms with Crippen molar-refractivity contribution in [3.8, 4) is 6.07 Å². The normalized spacial score (nSPS) is 9.76. The lowest BCUT2D eigenvalue weighted by molar-refractivity contribution is -0.384. The molecule has 126 valence electrons. The molecular weight excluding hydrogens is 333 g/mol. The van der Waals surface area contributed by atoms with Crippen molar-refractivity contribution in [1.29, 1.82) is 5.26 Å². The molecule has 0 atom stereocenters. The maximum absolute atomic E-state index is 13.7. The third-order valence-corrected chi connectivity index (χ3v) is 2.99. The van der Waals surface area contributed by atoms with Crippen LogP contribution < -0.4 is 5.32 Å². The predicted molar refractivity (Wildman–Crippen MR) is 83.1 cm³/mol. The van der Waals surface area contributed by atoms with Crippen LogP contribution in [-0.4, -0.2) is 23.4 Å². The fraction of sp³-hybridized carbons (Fsp3) is 0.0625. The highest BCUT2D eigenvalue weighted by atomic mass is 19.1. The van der Waals surface area contributed by atoms with Gasteiger partial charge in [0.05, 0.1) is 22.1 Å². The average Bonchev–Trinajstić information content (AvgIpc) is 2.59. The minimum Gasteiger partial charge on any atom is -0.452 e. The molecule has 0 unspecified atom stereocenters. The molecule has 2 aromatic rings. The number of carbonyl (C=O) groups is 2. The first-order valence-electron chi connectivity index (χ1n) is 6.82. The molecule has 0 aromatic heterocycles. The van der Waals surface area contributed by atoms with E-state index < -0.39 is 34.8 Å². The number of nitrogens with one attached hydrogen (secondary N) is 1. The Bertz CT molecular complexity index is 892. The SMILES string of the molecule is N#Cc1ccc(C(=O)OCC(=O)Nc2cccc([N+](=O)[O-])c2)c(F)c1. The largest absolute Gasteiger partial charge is 0.452 e. The molecule has 0 aliphatic carbocycles. The second-order valence-electron chi connectivity index (χ2n) is 4.74. The number of rotatable bonds is 5. The third kappa shape index (κ3) is 4.59. The second kappa shape index (κ2) is 7.65. The molecule has 8 nitrogen and oxygen atoms in total. The number of ether oxygens (including phenoxy) is 1. The number of hydrogen-bond acceptors (Lipinski definition) is 6. The van der Waals surface area contributed by atoms with Crippen molar-refractivity contribution >= 4 is 23.3 Å². The molecule has 0 radical (unpaired) electrons. The Hall–Kier alpha value is -3.80. The quantitative estimate of drug-likeness (QED) is 0.505. The van der Waals surface area contributed by atoms with Crippen molar-refractivity contribution in [2.45, 2.75) is 0 Å². The summed E-state index contributed by atoms with van der Waals surface area (Å²) in [5.41, 5.74) is -0.436.